The van der Waals surface area contributed by atoms with Crippen LogP contribution in [0, 0.1) is 0 Å². The highest BCUT2D eigenvalue weighted by atomic mass is 32.2. The Balaban J connectivity index is 1.18. The molecule has 0 aliphatic heterocycles. The molecule has 1 aliphatic carbocycles. The van der Waals surface area contributed by atoms with E-state index in [1.54, 1.807) is 36.2 Å². The molecule has 5 rings (SSSR count). The van der Waals surface area contributed by atoms with E-state index in [1.165, 1.54) is 10.9 Å². The van der Waals surface area contributed by atoms with Crippen LogP contribution in [0.4, 0.5) is 4.39 Å². The van der Waals surface area contributed by atoms with Gasteiger partial charge in [0.15, 0.2) is 11.0 Å². The van der Waals surface area contributed by atoms with Gasteiger partial charge >= 0.3 is 0 Å². The van der Waals surface area contributed by atoms with Gasteiger partial charge in [0.25, 0.3) is 5.91 Å². The van der Waals surface area contributed by atoms with E-state index in [0.29, 0.717) is 12.2 Å². The van der Waals surface area contributed by atoms with Crippen LogP contribution in [-0.4, -0.2) is 46.7 Å². The highest BCUT2D eigenvalue weighted by molar-refractivity contribution is 7.99. The summed E-state index contributed by atoms with van der Waals surface area (Å²) in [7, 11) is 1.92. The summed E-state index contributed by atoms with van der Waals surface area (Å²) in [5.74, 6) is 1.03. The summed E-state index contributed by atoms with van der Waals surface area (Å²) in [6.45, 7) is 0.901. The number of primary amides is 1. The fourth-order valence-corrected chi connectivity index (χ4v) is 5.13. The minimum absolute atomic E-state index is 0.221. The fraction of sp³-hybridized carbons (Fsp3) is 0.333. The van der Waals surface area contributed by atoms with Crippen LogP contribution < -0.4 is 5.73 Å². The van der Waals surface area contributed by atoms with Crippen molar-refractivity contribution in [1.82, 2.24) is 28.9 Å². The average Bonchev–Trinajstić information content (AvgIpc) is 3.52. The lowest BCUT2D eigenvalue weighted by molar-refractivity contribution is 0.0995. The summed E-state index contributed by atoms with van der Waals surface area (Å²) >= 11 is 1.66. The number of aryl methyl sites for hydroxylation is 1. The first-order chi connectivity index (χ1) is 16.5. The zero-order chi connectivity index (χ0) is 23.7. The number of pyridine rings is 1. The minimum Gasteiger partial charge on any atom is -0.364 e. The molecule has 34 heavy (non-hydrogen) atoms. The molecular weight excluding hydrogens is 453 g/mol. The van der Waals surface area contributed by atoms with Crippen LogP contribution in [0.1, 0.15) is 35.8 Å². The molecule has 0 radical (unpaired) electrons. The quantitative estimate of drug-likeness (QED) is 0.233. The molecule has 4 heterocycles. The lowest BCUT2D eigenvalue weighted by Gasteiger charge is -2.20. The molecule has 0 bridgehead atoms. The Bertz CT molecular complexity index is 1340. The van der Waals surface area contributed by atoms with Gasteiger partial charge in [-0.1, -0.05) is 23.9 Å². The summed E-state index contributed by atoms with van der Waals surface area (Å²) in [4.78, 5) is 15.3. The first kappa shape index (κ1) is 22.4. The average molecular weight is 480 g/mol. The molecule has 4 aromatic rings. The van der Waals surface area contributed by atoms with Crippen LogP contribution in [0.25, 0.3) is 22.3 Å². The van der Waals surface area contributed by atoms with Crippen LogP contribution in [0.2, 0.25) is 0 Å². The van der Waals surface area contributed by atoms with E-state index in [0.717, 1.165) is 35.9 Å². The number of nitrogens with zero attached hydrogens (tertiary/aromatic N) is 6. The lowest BCUT2D eigenvalue weighted by atomic mass is 10.0. The largest absolute Gasteiger partial charge is 0.364 e. The van der Waals surface area contributed by atoms with E-state index in [4.69, 9.17) is 5.73 Å². The third-order valence-corrected chi connectivity index (χ3v) is 7.23. The van der Waals surface area contributed by atoms with Crippen molar-refractivity contribution in [2.45, 2.75) is 43.2 Å². The summed E-state index contributed by atoms with van der Waals surface area (Å²) in [5.41, 5.74) is 7.44. The number of thioether (sulfide) groups is 1. The number of aromatic nitrogens is 6. The van der Waals surface area contributed by atoms with Crippen molar-refractivity contribution < 1.29 is 9.18 Å². The first-order valence-corrected chi connectivity index (χ1v) is 12.3. The Kier molecular flexibility index (Phi) is 6.23. The predicted octanol–water partition coefficient (Wildman–Crippen LogP) is 4.14. The number of hydrogen-bond acceptors (Lipinski definition) is 5. The van der Waals surface area contributed by atoms with Gasteiger partial charge in [-0.25, -0.2) is 4.39 Å². The molecule has 4 aromatic heterocycles. The van der Waals surface area contributed by atoms with E-state index in [1.807, 2.05) is 17.7 Å². The van der Waals surface area contributed by atoms with E-state index < -0.39 is 12.1 Å². The third-order valence-electron chi connectivity index (χ3n) is 6.12. The number of nitrogens with two attached hydrogens (primary N) is 1. The third kappa shape index (κ3) is 4.50. The van der Waals surface area contributed by atoms with Crippen molar-refractivity contribution in [3.63, 3.8) is 0 Å². The van der Waals surface area contributed by atoms with E-state index in [-0.39, 0.29) is 11.7 Å². The molecular formula is C24H26FN7OS. The van der Waals surface area contributed by atoms with Gasteiger partial charge in [0.2, 0.25) is 0 Å². The first-order valence-electron chi connectivity index (χ1n) is 11.3. The van der Waals surface area contributed by atoms with Gasteiger partial charge in [0.05, 0.1) is 11.6 Å². The maximum absolute atomic E-state index is 13.4. The van der Waals surface area contributed by atoms with Crippen molar-refractivity contribution in [1.29, 1.82) is 0 Å². The molecule has 0 saturated heterocycles. The highest BCUT2D eigenvalue weighted by Gasteiger charge is 2.18. The Morgan fingerprint density at radius 3 is 2.82 bits per heavy atom. The number of amides is 1. The zero-order valence-electron chi connectivity index (χ0n) is 18.8. The monoisotopic (exact) mass is 479 g/mol. The number of carbonyl (C=O) groups excluding carboxylic acids is 1. The van der Waals surface area contributed by atoms with Crippen LogP contribution in [-0.2, 0) is 13.6 Å². The Morgan fingerprint density at radius 2 is 2.09 bits per heavy atom. The molecule has 2 N–H and O–H groups in total. The summed E-state index contributed by atoms with van der Waals surface area (Å²) in [6, 6.07) is 5.71. The van der Waals surface area contributed by atoms with E-state index >= 15 is 0 Å². The topological polar surface area (TPSA) is 96.5 Å². The van der Waals surface area contributed by atoms with Crippen molar-refractivity contribution in [3.8, 4) is 11.4 Å². The molecule has 10 heteroatoms. The predicted molar refractivity (Wildman–Crippen MR) is 130 cm³/mol. The van der Waals surface area contributed by atoms with Crippen molar-refractivity contribution >= 4 is 28.6 Å². The van der Waals surface area contributed by atoms with E-state index in [9.17, 15) is 9.18 Å². The second-order valence-electron chi connectivity index (χ2n) is 8.47. The zero-order valence-corrected chi connectivity index (χ0v) is 19.7. The fourth-order valence-electron chi connectivity index (χ4n) is 4.29. The van der Waals surface area contributed by atoms with Crippen molar-refractivity contribution in [2.75, 3.05) is 5.75 Å². The number of allylic oxidation sites excluding steroid dienone is 2. The Hall–Kier alpha value is -3.40. The van der Waals surface area contributed by atoms with Crippen LogP contribution in [0.3, 0.4) is 0 Å². The number of hydrogen-bond donors (Lipinski definition) is 1. The number of carbonyl (C=O) groups is 1. The molecule has 0 saturated carbocycles. The van der Waals surface area contributed by atoms with Gasteiger partial charge in [0.1, 0.15) is 11.9 Å². The summed E-state index contributed by atoms with van der Waals surface area (Å²) in [5, 5.41) is 10.6. The normalized spacial score (nSPS) is 18.1. The van der Waals surface area contributed by atoms with Crippen LogP contribution >= 0.6 is 11.8 Å². The van der Waals surface area contributed by atoms with Gasteiger partial charge in [-0.3, -0.25) is 9.78 Å². The molecule has 0 spiro atoms. The van der Waals surface area contributed by atoms with Gasteiger partial charge in [-0.15, -0.1) is 10.2 Å². The number of fused-ring (bicyclic) bond motifs is 1. The van der Waals surface area contributed by atoms with E-state index in [2.05, 4.69) is 49.0 Å². The van der Waals surface area contributed by atoms with Crippen molar-refractivity contribution in [2.24, 2.45) is 12.8 Å². The Labute approximate surface area is 200 Å². The van der Waals surface area contributed by atoms with Crippen LogP contribution in [0.15, 0.2) is 60.3 Å². The number of halogens is 1. The molecule has 1 aliphatic rings. The second kappa shape index (κ2) is 9.46. The molecule has 2 unspecified atom stereocenters. The standard InChI is InChI=1S/C24H26FN7OS/c1-30-23(16-3-8-20(22(26)33)27-13-16)28-29-24(30)34-12-2-10-31-14-17-9-11-32(21(17)15-31)19-6-4-18(25)5-7-19/h3-4,6,8-9,11,13-15,18-19H,2,5,7,10,12H2,1H3,(H2,26,33). The molecule has 1 amide bonds. The molecule has 0 aromatic carbocycles. The molecule has 2 atom stereocenters. The smallest absolute Gasteiger partial charge is 0.267 e. The second-order valence-corrected chi connectivity index (χ2v) is 9.53. The highest BCUT2D eigenvalue weighted by Crippen LogP contribution is 2.29. The minimum atomic E-state index is -0.812. The van der Waals surface area contributed by atoms with Crippen molar-refractivity contribution in [3.05, 3.63) is 60.8 Å². The maximum Gasteiger partial charge on any atom is 0.267 e. The Morgan fingerprint density at radius 1 is 1.21 bits per heavy atom. The summed E-state index contributed by atoms with van der Waals surface area (Å²) < 4.78 is 19.8. The van der Waals surface area contributed by atoms with Gasteiger partial charge < -0.3 is 19.4 Å². The van der Waals surface area contributed by atoms with Crippen LogP contribution in [0.5, 0.6) is 0 Å². The summed E-state index contributed by atoms with van der Waals surface area (Å²) in [6.07, 6.45) is 13.3. The van der Waals surface area contributed by atoms with Gasteiger partial charge in [0, 0.05) is 55.1 Å². The molecule has 8 nitrogen and oxygen atoms in total. The van der Waals surface area contributed by atoms with Gasteiger partial charge in [-0.05, 0) is 37.5 Å². The van der Waals surface area contributed by atoms with Gasteiger partial charge in [-0.2, -0.15) is 0 Å². The SMILES string of the molecule is Cn1c(SCCCn2cc3ccn(C4C=CC(F)CC4)c3c2)nnc1-c1ccc(C(N)=O)nc1. The maximum atomic E-state index is 13.4. The molecule has 176 valence electrons. The lowest BCUT2D eigenvalue weighted by Crippen LogP contribution is -2.12. The number of rotatable bonds is 8. The number of alkyl halides is 1. The molecule has 0 fully saturated rings.